The summed E-state index contributed by atoms with van der Waals surface area (Å²) in [5.41, 5.74) is 1.03. The summed E-state index contributed by atoms with van der Waals surface area (Å²) in [7, 11) is 2.18. The van der Waals surface area contributed by atoms with Gasteiger partial charge in [0.25, 0.3) is 0 Å². The highest BCUT2D eigenvalue weighted by atomic mass is 15.1. The summed E-state index contributed by atoms with van der Waals surface area (Å²) >= 11 is 0. The van der Waals surface area contributed by atoms with E-state index in [9.17, 15) is 0 Å². The Hall–Kier alpha value is -1.16. The SMILES string of the molecule is Cc1cc(NCC2CCN(C)C2)nc(C)n1. The van der Waals surface area contributed by atoms with E-state index in [-0.39, 0.29) is 0 Å². The van der Waals surface area contributed by atoms with Gasteiger partial charge in [0.15, 0.2) is 0 Å². The van der Waals surface area contributed by atoms with Crippen molar-refractivity contribution in [3.63, 3.8) is 0 Å². The number of nitrogens with zero attached hydrogens (tertiary/aromatic N) is 3. The molecular weight excluding hydrogens is 200 g/mol. The molecule has 1 aliphatic heterocycles. The third-order valence-electron chi connectivity index (χ3n) is 3.03. The summed E-state index contributed by atoms with van der Waals surface area (Å²) in [5, 5.41) is 3.41. The Balaban J connectivity index is 1.89. The maximum absolute atomic E-state index is 4.38. The number of hydrogen-bond donors (Lipinski definition) is 1. The lowest BCUT2D eigenvalue weighted by Crippen LogP contribution is -2.19. The fraction of sp³-hybridized carbons (Fsp3) is 0.667. The molecular formula is C12H20N4. The van der Waals surface area contributed by atoms with Gasteiger partial charge in [-0.05, 0) is 39.8 Å². The molecule has 0 spiro atoms. The van der Waals surface area contributed by atoms with Crippen LogP contribution in [0.4, 0.5) is 5.82 Å². The lowest BCUT2D eigenvalue weighted by atomic mass is 10.1. The number of hydrogen-bond acceptors (Lipinski definition) is 4. The Bertz CT molecular complexity index is 344. The lowest BCUT2D eigenvalue weighted by molar-refractivity contribution is 0.399. The molecule has 1 saturated heterocycles. The van der Waals surface area contributed by atoms with Gasteiger partial charge in [0.05, 0.1) is 0 Å². The standard InChI is InChI=1S/C12H20N4/c1-9-6-12(15-10(2)14-9)13-7-11-4-5-16(3)8-11/h6,11H,4-5,7-8H2,1-3H3,(H,13,14,15). The van der Waals surface area contributed by atoms with Crippen LogP contribution in [0.2, 0.25) is 0 Å². The third-order valence-corrected chi connectivity index (χ3v) is 3.03. The van der Waals surface area contributed by atoms with Crippen molar-refractivity contribution in [3.8, 4) is 0 Å². The Labute approximate surface area is 97.1 Å². The molecule has 0 amide bonds. The number of nitrogens with one attached hydrogen (secondary N) is 1. The number of aromatic nitrogens is 2. The van der Waals surface area contributed by atoms with Gasteiger partial charge >= 0.3 is 0 Å². The molecule has 1 N–H and O–H groups in total. The van der Waals surface area contributed by atoms with E-state index in [1.54, 1.807) is 0 Å². The van der Waals surface area contributed by atoms with Crippen LogP contribution in [-0.2, 0) is 0 Å². The molecule has 16 heavy (non-hydrogen) atoms. The van der Waals surface area contributed by atoms with Crippen molar-refractivity contribution in [3.05, 3.63) is 17.6 Å². The molecule has 0 bridgehead atoms. The molecule has 0 aromatic carbocycles. The van der Waals surface area contributed by atoms with Crippen molar-refractivity contribution in [2.75, 3.05) is 32.0 Å². The smallest absolute Gasteiger partial charge is 0.129 e. The second-order valence-electron chi connectivity index (χ2n) is 4.74. The second-order valence-corrected chi connectivity index (χ2v) is 4.74. The zero-order chi connectivity index (χ0) is 11.5. The van der Waals surface area contributed by atoms with Gasteiger partial charge < -0.3 is 10.2 Å². The molecule has 1 atom stereocenters. The van der Waals surface area contributed by atoms with Gasteiger partial charge in [-0.1, -0.05) is 0 Å². The molecule has 1 unspecified atom stereocenters. The van der Waals surface area contributed by atoms with E-state index in [0.717, 1.165) is 29.8 Å². The Kier molecular flexibility index (Phi) is 3.39. The maximum Gasteiger partial charge on any atom is 0.129 e. The second kappa shape index (κ2) is 4.78. The van der Waals surface area contributed by atoms with Crippen LogP contribution in [0.3, 0.4) is 0 Å². The summed E-state index contributed by atoms with van der Waals surface area (Å²) in [4.78, 5) is 11.0. The number of anilines is 1. The van der Waals surface area contributed by atoms with E-state index < -0.39 is 0 Å². The van der Waals surface area contributed by atoms with E-state index in [1.807, 2.05) is 19.9 Å². The van der Waals surface area contributed by atoms with Crippen LogP contribution in [0, 0.1) is 19.8 Å². The summed E-state index contributed by atoms with van der Waals surface area (Å²) in [5.74, 6) is 2.55. The minimum absolute atomic E-state index is 0.751. The minimum atomic E-state index is 0.751. The molecule has 2 heterocycles. The van der Waals surface area contributed by atoms with Crippen LogP contribution in [0.1, 0.15) is 17.9 Å². The Morgan fingerprint density at radius 2 is 2.25 bits per heavy atom. The zero-order valence-electron chi connectivity index (χ0n) is 10.3. The van der Waals surface area contributed by atoms with Crippen LogP contribution < -0.4 is 5.32 Å². The first kappa shape index (κ1) is 11.3. The van der Waals surface area contributed by atoms with Crippen molar-refractivity contribution in [1.29, 1.82) is 0 Å². The van der Waals surface area contributed by atoms with Crippen LogP contribution in [-0.4, -0.2) is 41.5 Å². The molecule has 1 aromatic heterocycles. The average Bonchev–Trinajstić information content (AvgIpc) is 2.60. The largest absolute Gasteiger partial charge is 0.370 e. The van der Waals surface area contributed by atoms with Gasteiger partial charge in [0.1, 0.15) is 11.6 Å². The minimum Gasteiger partial charge on any atom is -0.370 e. The topological polar surface area (TPSA) is 41.0 Å². The summed E-state index contributed by atoms with van der Waals surface area (Å²) in [6, 6.07) is 2.01. The predicted octanol–water partition coefficient (Wildman–Crippen LogP) is 1.46. The number of likely N-dealkylation sites (tertiary alicyclic amines) is 1. The first-order valence-corrected chi connectivity index (χ1v) is 5.88. The van der Waals surface area contributed by atoms with Crippen LogP contribution in [0.5, 0.6) is 0 Å². The highest BCUT2D eigenvalue weighted by molar-refractivity contribution is 5.35. The first-order valence-electron chi connectivity index (χ1n) is 5.88. The predicted molar refractivity (Wildman–Crippen MR) is 65.6 cm³/mol. The van der Waals surface area contributed by atoms with Gasteiger partial charge in [-0.3, -0.25) is 0 Å². The average molecular weight is 220 g/mol. The van der Waals surface area contributed by atoms with E-state index >= 15 is 0 Å². The third kappa shape index (κ3) is 2.92. The maximum atomic E-state index is 4.38. The van der Waals surface area contributed by atoms with Crippen molar-refractivity contribution >= 4 is 5.82 Å². The molecule has 4 nitrogen and oxygen atoms in total. The summed E-state index contributed by atoms with van der Waals surface area (Å²) in [6.45, 7) is 7.36. The lowest BCUT2D eigenvalue weighted by Gasteiger charge is -2.12. The van der Waals surface area contributed by atoms with Gasteiger partial charge in [0, 0.05) is 24.8 Å². The fourth-order valence-corrected chi connectivity index (χ4v) is 2.25. The number of aryl methyl sites for hydroxylation is 2. The van der Waals surface area contributed by atoms with Gasteiger partial charge in [-0.2, -0.15) is 0 Å². The molecule has 4 heteroatoms. The summed E-state index contributed by atoms with van der Waals surface area (Å²) in [6.07, 6.45) is 1.28. The van der Waals surface area contributed by atoms with E-state index in [4.69, 9.17) is 0 Å². The van der Waals surface area contributed by atoms with Crippen molar-refractivity contribution in [2.24, 2.45) is 5.92 Å². The molecule has 0 saturated carbocycles. The van der Waals surface area contributed by atoms with Crippen molar-refractivity contribution in [2.45, 2.75) is 20.3 Å². The fourth-order valence-electron chi connectivity index (χ4n) is 2.25. The Morgan fingerprint density at radius 1 is 1.44 bits per heavy atom. The summed E-state index contributed by atoms with van der Waals surface area (Å²) < 4.78 is 0. The number of rotatable bonds is 3. The van der Waals surface area contributed by atoms with Gasteiger partial charge in [-0.15, -0.1) is 0 Å². The van der Waals surface area contributed by atoms with E-state index in [1.165, 1.54) is 19.5 Å². The van der Waals surface area contributed by atoms with E-state index in [2.05, 4.69) is 27.2 Å². The first-order chi connectivity index (χ1) is 7.63. The molecule has 0 aliphatic carbocycles. The molecule has 0 radical (unpaired) electrons. The van der Waals surface area contributed by atoms with Gasteiger partial charge in [-0.25, -0.2) is 9.97 Å². The van der Waals surface area contributed by atoms with Crippen molar-refractivity contribution in [1.82, 2.24) is 14.9 Å². The van der Waals surface area contributed by atoms with Crippen LogP contribution >= 0.6 is 0 Å². The van der Waals surface area contributed by atoms with Crippen LogP contribution in [0.15, 0.2) is 6.07 Å². The molecule has 2 rings (SSSR count). The van der Waals surface area contributed by atoms with Crippen molar-refractivity contribution < 1.29 is 0 Å². The molecule has 88 valence electrons. The van der Waals surface area contributed by atoms with Gasteiger partial charge in [0.2, 0.25) is 0 Å². The zero-order valence-corrected chi connectivity index (χ0v) is 10.3. The molecule has 1 fully saturated rings. The normalized spacial score (nSPS) is 21.3. The van der Waals surface area contributed by atoms with Crippen LogP contribution in [0.25, 0.3) is 0 Å². The van der Waals surface area contributed by atoms with E-state index in [0.29, 0.717) is 0 Å². The monoisotopic (exact) mass is 220 g/mol. The highest BCUT2D eigenvalue weighted by Crippen LogP contribution is 2.15. The highest BCUT2D eigenvalue weighted by Gasteiger charge is 2.18. The molecule has 1 aliphatic rings. The molecule has 1 aromatic rings. The Morgan fingerprint density at radius 3 is 2.88 bits per heavy atom. The quantitative estimate of drug-likeness (QED) is 0.837.